The van der Waals surface area contributed by atoms with E-state index in [1.807, 2.05) is 0 Å². The van der Waals surface area contributed by atoms with E-state index in [1.165, 1.54) is 12.8 Å². The number of aromatic nitrogens is 1. The van der Waals surface area contributed by atoms with Gasteiger partial charge in [0, 0.05) is 41.3 Å². The molecule has 0 unspecified atom stereocenters. The first-order valence-corrected chi connectivity index (χ1v) is 8.29. The van der Waals surface area contributed by atoms with Crippen molar-refractivity contribution in [2.75, 3.05) is 29.5 Å². The minimum atomic E-state index is -0.646. The number of thiazole rings is 1. The summed E-state index contributed by atoms with van der Waals surface area (Å²) in [7, 11) is -0.646. The quantitative estimate of drug-likeness (QED) is 0.894. The van der Waals surface area contributed by atoms with Crippen LogP contribution in [0.25, 0.3) is 0 Å². The van der Waals surface area contributed by atoms with Crippen molar-refractivity contribution >= 4 is 27.3 Å². The molecule has 0 atom stereocenters. The van der Waals surface area contributed by atoms with Gasteiger partial charge in [-0.3, -0.25) is 4.21 Å². The zero-order valence-corrected chi connectivity index (χ0v) is 11.2. The summed E-state index contributed by atoms with van der Waals surface area (Å²) in [5.41, 5.74) is 1.11. The fourth-order valence-corrected chi connectivity index (χ4v) is 4.21. The summed E-state index contributed by atoms with van der Waals surface area (Å²) in [5, 5.41) is 10.4. The monoisotopic (exact) mass is 272 g/mol. The van der Waals surface area contributed by atoms with E-state index in [1.54, 1.807) is 11.3 Å². The summed E-state index contributed by atoms with van der Waals surface area (Å²) in [6, 6.07) is 0. The number of nitrogens with zero attached hydrogens (tertiary/aromatic N) is 2. The Bertz CT molecular complexity index is 433. The molecule has 0 radical (unpaired) electrons. The first-order chi connectivity index (χ1) is 8.28. The van der Waals surface area contributed by atoms with Gasteiger partial charge in [-0.2, -0.15) is 0 Å². The molecular formula is C11H16N2O2S2. The van der Waals surface area contributed by atoms with Gasteiger partial charge >= 0.3 is 0 Å². The lowest BCUT2D eigenvalue weighted by Crippen LogP contribution is -2.37. The summed E-state index contributed by atoms with van der Waals surface area (Å²) in [6.07, 6.45) is 2.42. The Morgan fingerprint density at radius 1 is 1.41 bits per heavy atom. The normalized spacial score (nSPS) is 22.1. The molecule has 0 spiro atoms. The number of rotatable bonds is 3. The predicted octanol–water partition coefficient (Wildman–Crippen LogP) is 1.08. The molecule has 2 heterocycles. The molecule has 0 bridgehead atoms. The Morgan fingerprint density at radius 2 is 2.12 bits per heavy atom. The number of hydrogen-bond acceptors (Lipinski definition) is 5. The maximum absolute atomic E-state index is 11.3. The van der Waals surface area contributed by atoms with Crippen LogP contribution in [0.15, 0.2) is 0 Å². The van der Waals surface area contributed by atoms with Crippen molar-refractivity contribution < 1.29 is 9.32 Å². The van der Waals surface area contributed by atoms with Gasteiger partial charge in [0.15, 0.2) is 5.13 Å². The third kappa shape index (κ3) is 2.39. The van der Waals surface area contributed by atoms with Crippen LogP contribution in [-0.4, -0.2) is 38.9 Å². The number of anilines is 1. The Hall–Kier alpha value is -0.460. The average Bonchev–Trinajstić information content (AvgIpc) is 3.10. The van der Waals surface area contributed by atoms with Crippen LogP contribution in [0.3, 0.4) is 0 Å². The highest BCUT2D eigenvalue weighted by molar-refractivity contribution is 7.85. The molecule has 3 rings (SSSR count). The number of aliphatic hydroxyl groups excluding tert-OH is 1. The van der Waals surface area contributed by atoms with Gasteiger partial charge in [0.25, 0.3) is 0 Å². The topological polar surface area (TPSA) is 53.4 Å². The van der Waals surface area contributed by atoms with E-state index in [0.29, 0.717) is 5.92 Å². The van der Waals surface area contributed by atoms with Crippen LogP contribution >= 0.6 is 11.3 Å². The van der Waals surface area contributed by atoms with Gasteiger partial charge in [-0.15, -0.1) is 0 Å². The molecule has 1 saturated heterocycles. The molecule has 1 aromatic rings. The van der Waals surface area contributed by atoms with Gasteiger partial charge in [-0.25, -0.2) is 4.98 Å². The number of hydrogen-bond donors (Lipinski definition) is 1. The Kier molecular flexibility index (Phi) is 3.19. The van der Waals surface area contributed by atoms with Gasteiger partial charge < -0.3 is 10.0 Å². The van der Waals surface area contributed by atoms with Crippen LogP contribution < -0.4 is 4.90 Å². The highest BCUT2D eigenvalue weighted by atomic mass is 32.2. The molecule has 94 valence electrons. The van der Waals surface area contributed by atoms with E-state index >= 15 is 0 Å². The first kappa shape index (κ1) is 11.6. The Labute approximate surface area is 107 Å². The summed E-state index contributed by atoms with van der Waals surface area (Å²) >= 11 is 1.60. The van der Waals surface area contributed by atoms with E-state index in [2.05, 4.69) is 9.88 Å². The van der Waals surface area contributed by atoms with Gasteiger partial charge in [0.2, 0.25) is 0 Å². The molecule has 0 amide bonds. The Balaban J connectivity index is 1.80. The molecule has 6 heteroatoms. The molecule has 1 saturated carbocycles. The third-order valence-electron chi connectivity index (χ3n) is 3.27. The van der Waals surface area contributed by atoms with Crippen molar-refractivity contribution in [2.24, 2.45) is 0 Å². The maximum atomic E-state index is 11.3. The standard InChI is InChI=1S/C11H16N2O2S2/c14-7-9-10(8-1-2-8)12-11(16-9)13-3-5-17(15)6-4-13/h8,14H,1-7H2. The SMILES string of the molecule is O=S1CCN(c2nc(C3CC3)c(CO)s2)CC1. The molecule has 17 heavy (non-hydrogen) atoms. The van der Waals surface area contributed by atoms with E-state index < -0.39 is 10.8 Å². The van der Waals surface area contributed by atoms with Crippen LogP contribution in [-0.2, 0) is 17.4 Å². The second kappa shape index (κ2) is 4.66. The molecular weight excluding hydrogens is 256 g/mol. The van der Waals surface area contributed by atoms with Crippen LogP contribution in [0.2, 0.25) is 0 Å². The highest BCUT2D eigenvalue weighted by Crippen LogP contribution is 2.44. The lowest BCUT2D eigenvalue weighted by molar-refractivity contribution is 0.284. The third-order valence-corrected chi connectivity index (χ3v) is 5.66. The van der Waals surface area contributed by atoms with Crippen LogP contribution in [0.4, 0.5) is 5.13 Å². The van der Waals surface area contributed by atoms with Crippen molar-refractivity contribution in [1.82, 2.24) is 4.98 Å². The predicted molar refractivity (Wildman–Crippen MR) is 70.1 cm³/mol. The van der Waals surface area contributed by atoms with Crippen molar-refractivity contribution in [2.45, 2.75) is 25.4 Å². The second-order valence-corrected chi connectivity index (χ2v) is 7.33. The largest absolute Gasteiger partial charge is 0.391 e. The minimum Gasteiger partial charge on any atom is -0.391 e. The van der Waals surface area contributed by atoms with Crippen molar-refractivity contribution in [3.8, 4) is 0 Å². The highest BCUT2D eigenvalue weighted by Gasteiger charge is 2.30. The molecule has 4 nitrogen and oxygen atoms in total. The Morgan fingerprint density at radius 3 is 2.71 bits per heavy atom. The zero-order valence-electron chi connectivity index (χ0n) is 9.59. The maximum Gasteiger partial charge on any atom is 0.185 e. The van der Waals surface area contributed by atoms with Gasteiger partial charge in [0.1, 0.15) is 0 Å². The summed E-state index contributed by atoms with van der Waals surface area (Å²) in [4.78, 5) is 7.91. The summed E-state index contributed by atoms with van der Waals surface area (Å²) in [6.45, 7) is 1.76. The molecule has 0 aromatic carbocycles. The van der Waals surface area contributed by atoms with Crippen molar-refractivity contribution in [1.29, 1.82) is 0 Å². The summed E-state index contributed by atoms with van der Waals surface area (Å²) in [5.74, 6) is 2.07. The van der Waals surface area contributed by atoms with E-state index in [-0.39, 0.29) is 6.61 Å². The molecule has 2 aliphatic rings. The van der Waals surface area contributed by atoms with Crippen molar-refractivity contribution in [3.05, 3.63) is 10.6 Å². The zero-order chi connectivity index (χ0) is 11.8. The van der Waals surface area contributed by atoms with Crippen LogP contribution in [0.1, 0.15) is 29.3 Å². The minimum absolute atomic E-state index is 0.100. The smallest absolute Gasteiger partial charge is 0.185 e. The van der Waals surface area contributed by atoms with E-state index in [9.17, 15) is 9.32 Å². The van der Waals surface area contributed by atoms with E-state index in [0.717, 1.165) is 40.3 Å². The second-order valence-electron chi connectivity index (χ2n) is 4.57. The fourth-order valence-electron chi connectivity index (χ4n) is 2.10. The first-order valence-electron chi connectivity index (χ1n) is 5.98. The van der Waals surface area contributed by atoms with Gasteiger partial charge in [-0.05, 0) is 12.8 Å². The average molecular weight is 272 g/mol. The van der Waals surface area contributed by atoms with E-state index in [4.69, 9.17) is 0 Å². The molecule has 1 N–H and O–H groups in total. The number of aliphatic hydroxyl groups is 1. The van der Waals surface area contributed by atoms with Crippen LogP contribution in [0.5, 0.6) is 0 Å². The lowest BCUT2D eigenvalue weighted by atomic mass is 10.2. The fraction of sp³-hybridized carbons (Fsp3) is 0.727. The van der Waals surface area contributed by atoms with Gasteiger partial charge in [0.05, 0.1) is 17.2 Å². The molecule has 1 aliphatic heterocycles. The van der Waals surface area contributed by atoms with Crippen LogP contribution in [0, 0.1) is 0 Å². The lowest BCUT2D eigenvalue weighted by Gasteiger charge is -2.25. The van der Waals surface area contributed by atoms with Crippen molar-refractivity contribution in [3.63, 3.8) is 0 Å². The molecule has 1 aliphatic carbocycles. The van der Waals surface area contributed by atoms with Gasteiger partial charge in [-0.1, -0.05) is 11.3 Å². The molecule has 1 aromatic heterocycles. The molecule has 2 fully saturated rings. The summed E-state index contributed by atoms with van der Waals surface area (Å²) < 4.78 is 11.3.